The Balaban J connectivity index is 0.000000151. The van der Waals surface area contributed by atoms with Crippen LogP contribution in [0.15, 0.2) is 54.6 Å². The molecule has 0 unspecified atom stereocenters. The van der Waals surface area contributed by atoms with Gasteiger partial charge in [0.05, 0.1) is 0 Å². The van der Waals surface area contributed by atoms with Gasteiger partial charge >= 0.3 is 0 Å². The molecule has 0 fully saturated rings. The van der Waals surface area contributed by atoms with Crippen LogP contribution in [0, 0.1) is 6.92 Å². The number of nitrogens with two attached hydrogens (primary N) is 1. The maximum absolute atomic E-state index is 5.54. The fourth-order valence-corrected chi connectivity index (χ4v) is 1.13. The number of nitrogen functional groups attached to an aromatic ring is 1. The minimum atomic E-state index is 0.794. The summed E-state index contributed by atoms with van der Waals surface area (Å²) in [6, 6.07) is 17.2. The van der Waals surface area contributed by atoms with Crippen molar-refractivity contribution >= 4 is 17.3 Å². The highest BCUT2D eigenvalue weighted by atomic mass is 35.5. The van der Waals surface area contributed by atoms with Gasteiger partial charge in [0, 0.05) is 10.7 Å². The monoisotopic (exact) mass is 219 g/mol. The van der Waals surface area contributed by atoms with Crippen LogP contribution in [0.5, 0.6) is 0 Å². The molecule has 15 heavy (non-hydrogen) atoms. The Hall–Kier alpha value is -1.47. The van der Waals surface area contributed by atoms with Crippen LogP contribution < -0.4 is 5.73 Å². The fourth-order valence-electron chi connectivity index (χ4n) is 0.981. The molecule has 78 valence electrons. The van der Waals surface area contributed by atoms with Crippen LogP contribution in [-0.4, -0.2) is 0 Å². The third-order valence-electron chi connectivity index (χ3n) is 1.81. The summed E-state index contributed by atoms with van der Waals surface area (Å²) in [5.74, 6) is 0. The summed E-state index contributed by atoms with van der Waals surface area (Å²) >= 11 is 5.54. The number of aryl methyl sites for hydroxylation is 1. The van der Waals surface area contributed by atoms with E-state index in [4.69, 9.17) is 17.3 Å². The molecule has 0 aliphatic heterocycles. The van der Waals surface area contributed by atoms with Gasteiger partial charge in [-0.1, -0.05) is 47.5 Å². The molecule has 0 bridgehead atoms. The molecule has 0 radical (unpaired) electrons. The van der Waals surface area contributed by atoms with E-state index < -0.39 is 0 Å². The molecule has 0 aliphatic rings. The average Bonchev–Trinajstić information content (AvgIpc) is 2.25. The van der Waals surface area contributed by atoms with Crippen molar-refractivity contribution in [1.82, 2.24) is 0 Å². The van der Waals surface area contributed by atoms with Crippen LogP contribution >= 0.6 is 11.6 Å². The van der Waals surface area contributed by atoms with E-state index in [-0.39, 0.29) is 0 Å². The first-order chi connectivity index (χ1) is 7.18. The van der Waals surface area contributed by atoms with E-state index in [1.807, 2.05) is 61.5 Å². The van der Waals surface area contributed by atoms with Crippen LogP contribution in [0.4, 0.5) is 5.69 Å². The number of benzene rings is 2. The van der Waals surface area contributed by atoms with E-state index in [0.29, 0.717) is 0 Å². The van der Waals surface area contributed by atoms with E-state index in [0.717, 1.165) is 10.7 Å². The highest BCUT2D eigenvalue weighted by Gasteiger charge is 1.80. The van der Waals surface area contributed by atoms with E-state index >= 15 is 0 Å². The van der Waals surface area contributed by atoms with Crippen LogP contribution in [0.25, 0.3) is 0 Å². The van der Waals surface area contributed by atoms with Crippen molar-refractivity contribution in [2.75, 3.05) is 5.73 Å². The first kappa shape index (κ1) is 11.6. The molecule has 2 rings (SSSR count). The number of hydrogen-bond donors (Lipinski definition) is 1. The average molecular weight is 220 g/mol. The lowest BCUT2D eigenvalue weighted by Crippen LogP contribution is -1.81. The standard InChI is InChI=1S/C7H9N.C6H5Cl/c1-6-2-4-7(8)5-3-6;7-6-4-2-1-3-5-6/h2-5H,8H2,1H3;1-5H. The zero-order valence-corrected chi connectivity index (χ0v) is 9.41. The second kappa shape index (κ2) is 6.10. The molecule has 0 heterocycles. The van der Waals surface area contributed by atoms with Crippen LogP contribution in [0.1, 0.15) is 5.56 Å². The van der Waals surface area contributed by atoms with Crippen LogP contribution in [0.3, 0.4) is 0 Å². The summed E-state index contributed by atoms with van der Waals surface area (Å²) in [6.45, 7) is 2.04. The van der Waals surface area contributed by atoms with Gasteiger partial charge in [-0.15, -0.1) is 0 Å². The first-order valence-electron chi connectivity index (χ1n) is 4.71. The van der Waals surface area contributed by atoms with E-state index in [1.54, 1.807) is 0 Å². The van der Waals surface area contributed by atoms with Gasteiger partial charge in [0.25, 0.3) is 0 Å². The summed E-state index contributed by atoms with van der Waals surface area (Å²) in [5, 5.41) is 0.794. The molecule has 0 atom stereocenters. The zero-order chi connectivity index (χ0) is 11.1. The normalized spacial score (nSPS) is 8.93. The van der Waals surface area contributed by atoms with Crippen LogP contribution in [0.2, 0.25) is 5.02 Å². The van der Waals surface area contributed by atoms with Crippen molar-refractivity contribution < 1.29 is 0 Å². The lowest BCUT2D eigenvalue weighted by atomic mass is 10.2. The Labute approximate surface area is 95.5 Å². The maximum atomic E-state index is 5.54. The topological polar surface area (TPSA) is 26.0 Å². The number of hydrogen-bond acceptors (Lipinski definition) is 1. The van der Waals surface area contributed by atoms with Crippen molar-refractivity contribution in [2.24, 2.45) is 0 Å². The smallest absolute Gasteiger partial charge is 0.0405 e. The molecule has 0 saturated carbocycles. The molecule has 2 heteroatoms. The van der Waals surface area contributed by atoms with Gasteiger partial charge in [0.1, 0.15) is 0 Å². The Bertz CT molecular complexity index is 360. The summed E-state index contributed by atoms with van der Waals surface area (Å²) < 4.78 is 0. The summed E-state index contributed by atoms with van der Waals surface area (Å²) in [4.78, 5) is 0. The summed E-state index contributed by atoms with van der Waals surface area (Å²) in [5.41, 5.74) is 7.51. The van der Waals surface area contributed by atoms with Crippen molar-refractivity contribution in [1.29, 1.82) is 0 Å². The molecular weight excluding hydrogens is 206 g/mol. The lowest BCUT2D eigenvalue weighted by molar-refractivity contribution is 1.47. The quantitative estimate of drug-likeness (QED) is 0.668. The second-order valence-electron chi connectivity index (χ2n) is 3.21. The molecule has 2 N–H and O–H groups in total. The SMILES string of the molecule is Cc1ccc(N)cc1.Clc1ccccc1. The van der Waals surface area contributed by atoms with Crippen LogP contribution in [-0.2, 0) is 0 Å². The molecule has 1 nitrogen and oxygen atoms in total. The van der Waals surface area contributed by atoms with Gasteiger partial charge in [-0.3, -0.25) is 0 Å². The Morgan fingerprint density at radius 3 is 1.73 bits per heavy atom. The molecule has 0 aliphatic carbocycles. The van der Waals surface area contributed by atoms with Gasteiger partial charge < -0.3 is 5.73 Å². The number of halogens is 1. The minimum Gasteiger partial charge on any atom is -0.399 e. The Morgan fingerprint density at radius 1 is 0.867 bits per heavy atom. The molecule has 0 amide bonds. The fraction of sp³-hybridized carbons (Fsp3) is 0.0769. The van der Waals surface area contributed by atoms with Gasteiger partial charge in [-0.25, -0.2) is 0 Å². The maximum Gasteiger partial charge on any atom is 0.0405 e. The number of anilines is 1. The van der Waals surface area contributed by atoms with Crippen molar-refractivity contribution in [3.05, 3.63) is 65.2 Å². The minimum absolute atomic E-state index is 0.794. The third-order valence-corrected chi connectivity index (χ3v) is 2.06. The second-order valence-corrected chi connectivity index (χ2v) is 3.64. The van der Waals surface area contributed by atoms with Crippen molar-refractivity contribution in [2.45, 2.75) is 6.92 Å². The predicted molar refractivity (Wildman–Crippen MR) is 67.0 cm³/mol. The Morgan fingerprint density at radius 2 is 1.40 bits per heavy atom. The van der Waals surface area contributed by atoms with Crippen molar-refractivity contribution in [3.8, 4) is 0 Å². The zero-order valence-electron chi connectivity index (χ0n) is 8.65. The summed E-state index contributed by atoms with van der Waals surface area (Å²) in [7, 11) is 0. The molecule has 2 aromatic carbocycles. The summed E-state index contributed by atoms with van der Waals surface area (Å²) in [6.07, 6.45) is 0. The highest BCUT2D eigenvalue weighted by molar-refractivity contribution is 6.30. The van der Waals surface area contributed by atoms with Gasteiger partial charge in [0.2, 0.25) is 0 Å². The lowest BCUT2D eigenvalue weighted by Gasteiger charge is -1.90. The van der Waals surface area contributed by atoms with E-state index in [9.17, 15) is 0 Å². The van der Waals surface area contributed by atoms with Gasteiger partial charge in [-0.05, 0) is 31.2 Å². The van der Waals surface area contributed by atoms with E-state index in [2.05, 4.69) is 0 Å². The molecule has 0 saturated heterocycles. The molecular formula is C13H14ClN. The van der Waals surface area contributed by atoms with Gasteiger partial charge in [0.15, 0.2) is 0 Å². The first-order valence-corrected chi connectivity index (χ1v) is 5.09. The Kier molecular flexibility index (Phi) is 4.72. The predicted octanol–water partition coefficient (Wildman–Crippen LogP) is 3.92. The van der Waals surface area contributed by atoms with E-state index in [1.165, 1.54) is 5.56 Å². The molecule has 2 aromatic rings. The highest BCUT2D eigenvalue weighted by Crippen LogP contribution is 2.03. The largest absolute Gasteiger partial charge is 0.399 e. The third kappa shape index (κ3) is 5.08. The van der Waals surface area contributed by atoms with Crippen molar-refractivity contribution in [3.63, 3.8) is 0 Å². The molecule has 0 aromatic heterocycles. The molecule has 0 spiro atoms. The number of rotatable bonds is 0. The van der Waals surface area contributed by atoms with Gasteiger partial charge in [-0.2, -0.15) is 0 Å².